The third kappa shape index (κ3) is 4.19. The molecule has 0 unspecified atom stereocenters. The second-order valence-corrected chi connectivity index (χ2v) is 6.57. The van der Waals surface area contributed by atoms with E-state index >= 15 is 0 Å². The van der Waals surface area contributed by atoms with Gasteiger partial charge in [-0.25, -0.2) is 0 Å². The van der Waals surface area contributed by atoms with Gasteiger partial charge >= 0.3 is 0 Å². The van der Waals surface area contributed by atoms with Crippen molar-refractivity contribution in [2.75, 3.05) is 26.6 Å². The predicted octanol–water partition coefficient (Wildman–Crippen LogP) is 2.51. The fraction of sp³-hybridized carbons (Fsp3) is 0.333. The Morgan fingerprint density at radius 2 is 1.54 bits per heavy atom. The van der Waals surface area contributed by atoms with Crippen molar-refractivity contribution in [3.63, 3.8) is 0 Å². The van der Waals surface area contributed by atoms with Crippen molar-refractivity contribution in [1.29, 1.82) is 0 Å². The van der Waals surface area contributed by atoms with Crippen LogP contribution in [0.1, 0.15) is 28.8 Å². The molecular weight excluding hydrogens is 362 g/mol. The van der Waals surface area contributed by atoms with E-state index in [2.05, 4.69) is 5.32 Å². The molecule has 28 heavy (non-hydrogen) atoms. The normalized spacial score (nSPS) is 13.9. The van der Waals surface area contributed by atoms with Crippen molar-refractivity contribution in [1.82, 2.24) is 5.32 Å². The topological polar surface area (TPSA) is 83.1 Å². The molecule has 2 aromatic carbocycles. The van der Waals surface area contributed by atoms with Gasteiger partial charge in [-0.3, -0.25) is 9.59 Å². The number of nitrogens with one attached hydrogen (secondary N) is 1. The molecule has 0 aliphatic carbocycles. The van der Waals surface area contributed by atoms with E-state index in [1.54, 1.807) is 18.2 Å². The third-order valence-electron chi connectivity index (χ3n) is 4.62. The summed E-state index contributed by atoms with van der Waals surface area (Å²) in [4.78, 5) is 24.4. The Morgan fingerprint density at radius 1 is 0.821 bits per heavy atom. The maximum atomic E-state index is 12.3. The van der Waals surface area contributed by atoms with E-state index < -0.39 is 0 Å². The number of ketones is 1. The minimum absolute atomic E-state index is 0.0945. The summed E-state index contributed by atoms with van der Waals surface area (Å²) in [5.41, 5.74) is 1.58. The number of carbonyl (C=O) groups excluding carboxylic acids is 2. The van der Waals surface area contributed by atoms with Crippen LogP contribution in [0, 0.1) is 0 Å². The van der Waals surface area contributed by atoms with E-state index in [1.807, 2.05) is 18.2 Å². The van der Waals surface area contributed by atoms with Gasteiger partial charge in [0.1, 0.15) is 13.2 Å². The standard InChI is InChI=1S/C21H21NO6/c23-16(15-2-5-17-20(12-15)26-10-9-25-17)3-6-21(24)22-8-7-14-1-4-18-19(11-14)28-13-27-18/h1-2,4-5,11-12H,3,6-10,13H2,(H,22,24). The zero-order valence-corrected chi connectivity index (χ0v) is 15.4. The predicted molar refractivity (Wildman–Crippen MR) is 100 cm³/mol. The van der Waals surface area contributed by atoms with Crippen molar-refractivity contribution in [2.24, 2.45) is 0 Å². The lowest BCUT2D eigenvalue weighted by atomic mass is 10.1. The fourth-order valence-electron chi connectivity index (χ4n) is 3.12. The van der Waals surface area contributed by atoms with E-state index in [0.717, 1.165) is 17.1 Å². The van der Waals surface area contributed by atoms with Crippen LogP contribution in [0.3, 0.4) is 0 Å². The molecule has 2 heterocycles. The molecule has 0 atom stereocenters. The minimum Gasteiger partial charge on any atom is -0.486 e. The molecule has 7 heteroatoms. The van der Waals surface area contributed by atoms with E-state index in [1.165, 1.54) is 0 Å². The Morgan fingerprint density at radius 3 is 2.43 bits per heavy atom. The van der Waals surface area contributed by atoms with Gasteiger partial charge in [-0.15, -0.1) is 0 Å². The Labute approximate surface area is 162 Å². The van der Waals surface area contributed by atoms with E-state index in [0.29, 0.717) is 43.2 Å². The molecule has 2 aromatic rings. The molecule has 0 spiro atoms. The third-order valence-corrected chi connectivity index (χ3v) is 4.62. The summed E-state index contributed by atoms with van der Waals surface area (Å²) in [7, 11) is 0. The van der Waals surface area contributed by atoms with Gasteiger partial charge in [-0.1, -0.05) is 6.07 Å². The number of hydrogen-bond donors (Lipinski definition) is 1. The molecule has 0 aromatic heterocycles. The van der Waals surface area contributed by atoms with Crippen LogP contribution in [0.25, 0.3) is 0 Å². The van der Waals surface area contributed by atoms with Crippen LogP contribution in [0.4, 0.5) is 0 Å². The second-order valence-electron chi connectivity index (χ2n) is 6.57. The van der Waals surface area contributed by atoms with Crippen molar-refractivity contribution < 1.29 is 28.5 Å². The monoisotopic (exact) mass is 383 g/mol. The number of ether oxygens (including phenoxy) is 4. The van der Waals surface area contributed by atoms with Crippen LogP contribution in [0.5, 0.6) is 23.0 Å². The van der Waals surface area contributed by atoms with Crippen LogP contribution < -0.4 is 24.3 Å². The summed E-state index contributed by atoms with van der Waals surface area (Å²) in [5, 5.41) is 2.85. The van der Waals surface area contributed by atoms with Gasteiger partial charge in [-0.2, -0.15) is 0 Å². The maximum Gasteiger partial charge on any atom is 0.231 e. The average molecular weight is 383 g/mol. The van der Waals surface area contributed by atoms with Crippen molar-refractivity contribution >= 4 is 11.7 Å². The first kappa shape index (κ1) is 18.2. The lowest BCUT2D eigenvalue weighted by molar-refractivity contribution is -0.121. The summed E-state index contributed by atoms with van der Waals surface area (Å²) in [5.74, 6) is 2.45. The van der Waals surface area contributed by atoms with Crippen molar-refractivity contribution in [3.05, 3.63) is 47.5 Å². The van der Waals surface area contributed by atoms with Gasteiger partial charge in [0.05, 0.1) is 0 Å². The summed E-state index contributed by atoms with van der Waals surface area (Å²) in [6.45, 7) is 1.72. The molecule has 0 saturated heterocycles. The molecule has 2 aliphatic rings. The lowest BCUT2D eigenvalue weighted by Gasteiger charge is -2.18. The summed E-state index contributed by atoms with van der Waals surface area (Å²) in [6, 6.07) is 10.8. The maximum absolute atomic E-state index is 12.3. The Hall–Kier alpha value is -3.22. The molecular formula is C21H21NO6. The summed E-state index contributed by atoms with van der Waals surface area (Å²) in [6.07, 6.45) is 0.975. The Balaban J connectivity index is 1.21. The molecule has 2 aliphatic heterocycles. The highest BCUT2D eigenvalue weighted by Crippen LogP contribution is 2.33. The molecule has 4 rings (SSSR count). The molecule has 146 valence electrons. The first-order chi connectivity index (χ1) is 13.7. The summed E-state index contributed by atoms with van der Waals surface area (Å²) < 4.78 is 21.6. The van der Waals surface area contributed by atoms with Crippen LogP contribution >= 0.6 is 0 Å². The minimum atomic E-state index is -0.147. The van der Waals surface area contributed by atoms with Crippen LogP contribution in [0.2, 0.25) is 0 Å². The lowest BCUT2D eigenvalue weighted by Crippen LogP contribution is -2.26. The fourth-order valence-corrected chi connectivity index (χ4v) is 3.12. The SMILES string of the molecule is O=C(CCC(=O)c1ccc2c(c1)OCCO2)NCCc1ccc2c(c1)OCO2. The molecule has 1 amide bonds. The van der Waals surface area contributed by atoms with Crippen molar-refractivity contribution in [2.45, 2.75) is 19.3 Å². The molecule has 1 N–H and O–H groups in total. The first-order valence-corrected chi connectivity index (χ1v) is 9.27. The molecule has 0 radical (unpaired) electrons. The Bertz CT molecular complexity index is 894. The number of carbonyl (C=O) groups is 2. The number of amides is 1. The van der Waals surface area contributed by atoms with Gasteiger partial charge in [0.25, 0.3) is 0 Å². The smallest absolute Gasteiger partial charge is 0.231 e. The van der Waals surface area contributed by atoms with Gasteiger partial charge < -0.3 is 24.3 Å². The Kier molecular flexibility index (Phi) is 5.32. The highest BCUT2D eigenvalue weighted by molar-refractivity contribution is 5.98. The molecule has 0 fully saturated rings. The quantitative estimate of drug-likeness (QED) is 0.740. The zero-order chi connectivity index (χ0) is 19.3. The van der Waals surface area contributed by atoms with Gasteiger partial charge in [0.15, 0.2) is 28.8 Å². The van der Waals surface area contributed by atoms with E-state index in [-0.39, 0.29) is 31.3 Å². The highest BCUT2D eigenvalue weighted by atomic mass is 16.7. The highest BCUT2D eigenvalue weighted by Gasteiger charge is 2.16. The number of fused-ring (bicyclic) bond motifs is 2. The largest absolute Gasteiger partial charge is 0.486 e. The molecule has 0 saturated carbocycles. The van der Waals surface area contributed by atoms with Crippen LogP contribution in [-0.4, -0.2) is 38.2 Å². The number of hydrogen-bond acceptors (Lipinski definition) is 6. The first-order valence-electron chi connectivity index (χ1n) is 9.27. The van der Waals surface area contributed by atoms with Crippen molar-refractivity contribution in [3.8, 4) is 23.0 Å². The zero-order valence-electron chi connectivity index (χ0n) is 15.4. The molecule has 7 nitrogen and oxygen atoms in total. The summed E-state index contributed by atoms with van der Waals surface area (Å²) >= 11 is 0. The number of benzene rings is 2. The number of rotatable bonds is 7. The average Bonchev–Trinajstić information content (AvgIpc) is 3.19. The van der Waals surface area contributed by atoms with Gasteiger partial charge in [0, 0.05) is 24.9 Å². The second kappa shape index (κ2) is 8.21. The van der Waals surface area contributed by atoms with Crippen LogP contribution in [0.15, 0.2) is 36.4 Å². The van der Waals surface area contributed by atoms with E-state index in [4.69, 9.17) is 18.9 Å². The van der Waals surface area contributed by atoms with Crippen LogP contribution in [-0.2, 0) is 11.2 Å². The van der Waals surface area contributed by atoms with Gasteiger partial charge in [0.2, 0.25) is 12.7 Å². The number of Topliss-reactive ketones (excluding diaryl/α,β-unsaturated/α-hetero) is 1. The molecule has 0 bridgehead atoms. The van der Waals surface area contributed by atoms with E-state index in [9.17, 15) is 9.59 Å². The van der Waals surface area contributed by atoms with Gasteiger partial charge in [-0.05, 0) is 42.3 Å².